The number of benzene rings is 1. The lowest BCUT2D eigenvalue weighted by atomic mass is 10.1. The van der Waals surface area contributed by atoms with Gasteiger partial charge >= 0.3 is 0 Å². The van der Waals surface area contributed by atoms with Crippen LogP contribution in [-0.2, 0) is 17.8 Å². The Labute approximate surface area is 140 Å². The molecule has 0 spiro atoms. The second-order valence-electron chi connectivity index (χ2n) is 4.88. The minimum Gasteiger partial charge on any atom is -0.496 e. The summed E-state index contributed by atoms with van der Waals surface area (Å²) in [5.41, 5.74) is 0.842. The quantitative estimate of drug-likeness (QED) is 0.806. The van der Waals surface area contributed by atoms with Crippen molar-refractivity contribution in [1.29, 1.82) is 0 Å². The zero-order valence-electron chi connectivity index (χ0n) is 13.5. The summed E-state index contributed by atoms with van der Waals surface area (Å²) >= 11 is 1.66. The largest absolute Gasteiger partial charge is 0.496 e. The van der Waals surface area contributed by atoms with E-state index in [4.69, 9.17) is 14.2 Å². The fourth-order valence-electron chi connectivity index (χ4n) is 2.20. The van der Waals surface area contributed by atoms with Crippen molar-refractivity contribution >= 4 is 17.2 Å². The molecule has 6 heteroatoms. The van der Waals surface area contributed by atoms with Gasteiger partial charge < -0.3 is 19.5 Å². The van der Waals surface area contributed by atoms with Gasteiger partial charge in [0.15, 0.2) is 11.5 Å². The summed E-state index contributed by atoms with van der Waals surface area (Å²) in [5.74, 6) is 1.87. The number of rotatable bonds is 8. The molecule has 2 aromatic rings. The van der Waals surface area contributed by atoms with Gasteiger partial charge in [0.05, 0.1) is 21.3 Å². The van der Waals surface area contributed by atoms with Gasteiger partial charge in [-0.3, -0.25) is 4.79 Å². The smallest absolute Gasteiger partial charge is 0.220 e. The van der Waals surface area contributed by atoms with Crippen molar-refractivity contribution in [3.8, 4) is 17.2 Å². The van der Waals surface area contributed by atoms with E-state index in [1.54, 1.807) is 38.7 Å². The van der Waals surface area contributed by atoms with Crippen LogP contribution in [0.4, 0.5) is 0 Å². The van der Waals surface area contributed by atoms with Crippen molar-refractivity contribution in [2.75, 3.05) is 21.3 Å². The molecule has 0 aliphatic carbocycles. The maximum absolute atomic E-state index is 12.0. The number of carbonyl (C=O) groups is 1. The zero-order valence-corrected chi connectivity index (χ0v) is 14.4. The molecule has 0 aliphatic rings. The number of aryl methyl sites for hydroxylation is 1. The summed E-state index contributed by atoms with van der Waals surface area (Å²) in [6.45, 7) is 0.382. The highest BCUT2D eigenvalue weighted by molar-refractivity contribution is 7.09. The molecule has 0 aliphatic heterocycles. The van der Waals surface area contributed by atoms with Crippen LogP contribution in [0.3, 0.4) is 0 Å². The zero-order chi connectivity index (χ0) is 16.7. The third-order valence-corrected chi connectivity index (χ3v) is 4.38. The van der Waals surface area contributed by atoms with Gasteiger partial charge in [-0.25, -0.2) is 0 Å². The highest BCUT2D eigenvalue weighted by Crippen LogP contribution is 2.34. The van der Waals surface area contributed by atoms with Gasteiger partial charge in [-0.05, 0) is 23.9 Å². The average molecular weight is 335 g/mol. The Morgan fingerprint density at radius 3 is 2.39 bits per heavy atom. The predicted octanol–water partition coefficient (Wildman–Crippen LogP) is 3.02. The van der Waals surface area contributed by atoms with E-state index in [0.29, 0.717) is 30.2 Å². The van der Waals surface area contributed by atoms with Crippen molar-refractivity contribution in [2.24, 2.45) is 0 Å². The van der Waals surface area contributed by atoms with Crippen molar-refractivity contribution in [3.63, 3.8) is 0 Å². The van der Waals surface area contributed by atoms with Crippen LogP contribution in [0.5, 0.6) is 17.2 Å². The van der Waals surface area contributed by atoms with E-state index in [1.807, 2.05) is 23.6 Å². The van der Waals surface area contributed by atoms with E-state index in [0.717, 1.165) is 12.0 Å². The Balaban J connectivity index is 1.97. The van der Waals surface area contributed by atoms with Crippen LogP contribution in [0.15, 0.2) is 29.6 Å². The molecule has 1 amide bonds. The fraction of sp³-hybridized carbons (Fsp3) is 0.353. The molecule has 23 heavy (non-hydrogen) atoms. The van der Waals surface area contributed by atoms with Crippen LogP contribution in [0, 0.1) is 0 Å². The lowest BCUT2D eigenvalue weighted by Crippen LogP contribution is -2.23. The lowest BCUT2D eigenvalue weighted by molar-refractivity contribution is -0.121. The molecule has 1 aromatic carbocycles. The Kier molecular flexibility index (Phi) is 6.29. The third-order valence-electron chi connectivity index (χ3n) is 3.44. The summed E-state index contributed by atoms with van der Waals surface area (Å²) in [4.78, 5) is 13.2. The molecule has 2 rings (SSSR count). The van der Waals surface area contributed by atoms with Crippen LogP contribution in [0.2, 0.25) is 0 Å². The van der Waals surface area contributed by atoms with Crippen LogP contribution >= 0.6 is 11.3 Å². The maximum Gasteiger partial charge on any atom is 0.220 e. The van der Waals surface area contributed by atoms with Gasteiger partial charge in [0.1, 0.15) is 5.75 Å². The fourth-order valence-corrected chi connectivity index (χ4v) is 2.91. The Morgan fingerprint density at radius 2 is 1.78 bits per heavy atom. The normalized spacial score (nSPS) is 10.2. The number of hydrogen-bond acceptors (Lipinski definition) is 5. The SMILES string of the molecule is COc1cc(OC)c(OC)cc1CNC(=O)CCc1cccs1. The van der Waals surface area contributed by atoms with Crippen LogP contribution in [0.1, 0.15) is 16.9 Å². The van der Waals surface area contributed by atoms with E-state index in [2.05, 4.69) is 5.32 Å². The van der Waals surface area contributed by atoms with E-state index in [-0.39, 0.29) is 5.91 Å². The molecule has 0 saturated carbocycles. The molecule has 0 unspecified atom stereocenters. The Morgan fingerprint density at radius 1 is 1.09 bits per heavy atom. The molecule has 0 bridgehead atoms. The molecule has 0 saturated heterocycles. The van der Waals surface area contributed by atoms with Gasteiger partial charge in [0.25, 0.3) is 0 Å². The molecule has 1 heterocycles. The molecule has 124 valence electrons. The molecule has 0 atom stereocenters. The van der Waals surface area contributed by atoms with Crippen LogP contribution < -0.4 is 19.5 Å². The topological polar surface area (TPSA) is 56.8 Å². The standard InChI is InChI=1S/C17H21NO4S/c1-20-14-10-16(22-3)15(21-2)9-12(14)11-18-17(19)7-6-13-5-4-8-23-13/h4-5,8-10H,6-7,11H2,1-3H3,(H,18,19). The number of nitrogens with one attached hydrogen (secondary N) is 1. The Bertz CT molecular complexity index is 640. The average Bonchev–Trinajstić information content (AvgIpc) is 3.10. The van der Waals surface area contributed by atoms with E-state index in [9.17, 15) is 4.79 Å². The van der Waals surface area contributed by atoms with Crippen LogP contribution in [-0.4, -0.2) is 27.2 Å². The molecule has 1 aromatic heterocycles. The van der Waals surface area contributed by atoms with Gasteiger partial charge in [0.2, 0.25) is 5.91 Å². The van der Waals surface area contributed by atoms with Crippen LogP contribution in [0.25, 0.3) is 0 Å². The minimum atomic E-state index is 0.00948. The second-order valence-corrected chi connectivity index (χ2v) is 5.91. The summed E-state index contributed by atoms with van der Waals surface area (Å²) in [6, 6.07) is 7.60. The summed E-state index contributed by atoms with van der Waals surface area (Å²) in [6.07, 6.45) is 1.22. The number of hydrogen-bond donors (Lipinski definition) is 1. The number of amides is 1. The third kappa shape index (κ3) is 4.63. The first-order valence-electron chi connectivity index (χ1n) is 7.26. The van der Waals surface area contributed by atoms with E-state index < -0.39 is 0 Å². The van der Waals surface area contributed by atoms with Gasteiger partial charge in [0, 0.05) is 29.5 Å². The number of methoxy groups -OCH3 is 3. The van der Waals surface area contributed by atoms with Gasteiger partial charge in [-0.1, -0.05) is 6.07 Å². The molecule has 5 nitrogen and oxygen atoms in total. The number of carbonyl (C=O) groups excluding carboxylic acids is 1. The van der Waals surface area contributed by atoms with Gasteiger partial charge in [-0.15, -0.1) is 11.3 Å². The molecular weight excluding hydrogens is 314 g/mol. The second kappa shape index (κ2) is 8.43. The lowest BCUT2D eigenvalue weighted by Gasteiger charge is -2.14. The van der Waals surface area contributed by atoms with Crippen molar-refractivity contribution in [3.05, 3.63) is 40.1 Å². The summed E-state index contributed by atoms with van der Waals surface area (Å²) in [7, 11) is 4.74. The highest BCUT2D eigenvalue weighted by Gasteiger charge is 2.12. The van der Waals surface area contributed by atoms with E-state index in [1.165, 1.54) is 4.88 Å². The van der Waals surface area contributed by atoms with Crippen molar-refractivity contribution in [1.82, 2.24) is 5.32 Å². The summed E-state index contributed by atoms with van der Waals surface area (Å²) in [5, 5.41) is 4.93. The first-order valence-corrected chi connectivity index (χ1v) is 8.13. The first-order chi connectivity index (χ1) is 11.2. The molecule has 0 radical (unpaired) electrons. The monoisotopic (exact) mass is 335 g/mol. The highest BCUT2D eigenvalue weighted by atomic mass is 32.1. The Hall–Kier alpha value is -2.21. The van der Waals surface area contributed by atoms with Crippen molar-refractivity contribution in [2.45, 2.75) is 19.4 Å². The van der Waals surface area contributed by atoms with Gasteiger partial charge in [-0.2, -0.15) is 0 Å². The molecule has 1 N–H and O–H groups in total. The van der Waals surface area contributed by atoms with E-state index >= 15 is 0 Å². The number of thiophene rings is 1. The number of ether oxygens (including phenoxy) is 3. The summed E-state index contributed by atoms with van der Waals surface area (Å²) < 4.78 is 15.9. The maximum atomic E-state index is 12.0. The molecule has 0 fully saturated rings. The first kappa shape index (κ1) is 17.1. The minimum absolute atomic E-state index is 0.00948. The predicted molar refractivity (Wildman–Crippen MR) is 90.6 cm³/mol. The van der Waals surface area contributed by atoms with Crippen molar-refractivity contribution < 1.29 is 19.0 Å². The molecular formula is C17H21NO4S.